The van der Waals surface area contributed by atoms with Crippen LogP contribution in [0.15, 0.2) is 23.1 Å². The third kappa shape index (κ3) is 4.31. The van der Waals surface area contributed by atoms with Crippen molar-refractivity contribution in [2.45, 2.75) is 24.0 Å². The lowest BCUT2D eigenvalue weighted by atomic mass is 10.4. The van der Waals surface area contributed by atoms with E-state index in [-0.39, 0.29) is 22.8 Å². The molecule has 1 saturated heterocycles. The summed E-state index contributed by atoms with van der Waals surface area (Å²) < 4.78 is 37.2. The van der Waals surface area contributed by atoms with Crippen LogP contribution in [-0.4, -0.2) is 34.5 Å². The summed E-state index contributed by atoms with van der Waals surface area (Å²) in [6.45, 7) is 1.52. The van der Waals surface area contributed by atoms with Gasteiger partial charge < -0.3 is 9.47 Å². The molecule has 0 aromatic heterocycles. The van der Waals surface area contributed by atoms with Crippen molar-refractivity contribution in [3.8, 4) is 0 Å². The van der Waals surface area contributed by atoms with Crippen molar-refractivity contribution in [1.29, 1.82) is 0 Å². The highest BCUT2D eigenvalue weighted by Crippen LogP contribution is 2.24. The molecular formula is C12H15Cl2NO4S. The van der Waals surface area contributed by atoms with Crippen molar-refractivity contribution in [1.82, 2.24) is 4.72 Å². The molecule has 0 radical (unpaired) electrons. The van der Waals surface area contributed by atoms with Crippen molar-refractivity contribution in [3.05, 3.63) is 28.2 Å². The molecule has 2 rings (SSSR count). The highest BCUT2D eigenvalue weighted by Gasteiger charge is 2.18. The molecule has 8 heteroatoms. The minimum atomic E-state index is -3.60. The van der Waals surface area contributed by atoms with E-state index in [4.69, 9.17) is 32.7 Å². The third-order valence-corrected chi connectivity index (χ3v) is 4.97. The number of halogens is 2. The van der Waals surface area contributed by atoms with Crippen LogP contribution < -0.4 is 4.72 Å². The van der Waals surface area contributed by atoms with Crippen LogP contribution in [0.25, 0.3) is 0 Å². The molecule has 112 valence electrons. The lowest BCUT2D eigenvalue weighted by Gasteiger charge is -2.23. The second-order valence-electron chi connectivity index (χ2n) is 4.29. The Morgan fingerprint density at radius 1 is 1.20 bits per heavy atom. The Labute approximate surface area is 128 Å². The summed E-state index contributed by atoms with van der Waals surface area (Å²) in [5.41, 5.74) is 0. The topological polar surface area (TPSA) is 64.6 Å². The zero-order valence-corrected chi connectivity index (χ0v) is 13.0. The van der Waals surface area contributed by atoms with Crippen LogP contribution in [0.5, 0.6) is 0 Å². The lowest BCUT2D eigenvalue weighted by molar-refractivity contribution is -0.180. The molecule has 1 aliphatic rings. The van der Waals surface area contributed by atoms with Gasteiger partial charge in [0.1, 0.15) is 0 Å². The minimum absolute atomic E-state index is 0.0809. The van der Waals surface area contributed by atoms with Gasteiger partial charge in [0.15, 0.2) is 6.29 Å². The SMILES string of the molecule is O=S(=O)(NCCC1OCCCO1)c1ccc(Cl)c(Cl)c1. The summed E-state index contributed by atoms with van der Waals surface area (Å²) in [5.74, 6) is 0. The number of benzene rings is 1. The van der Waals surface area contributed by atoms with Gasteiger partial charge in [-0.1, -0.05) is 23.2 Å². The monoisotopic (exact) mass is 339 g/mol. The molecule has 1 fully saturated rings. The largest absolute Gasteiger partial charge is 0.353 e. The number of nitrogens with one attached hydrogen (secondary N) is 1. The first kappa shape index (κ1) is 16.0. The second kappa shape index (κ2) is 7.06. The van der Waals surface area contributed by atoms with Gasteiger partial charge in [0, 0.05) is 13.0 Å². The van der Waals surface area contributed by atoms with E-state index in [9.17, 15) is 8.42 Å². The predicted molar refractivity (Wildman–Crippen MR) is 76.6 cm³/mol. The summed E-state index contributed by atoms with van der Waals surface area (Å²) in [6.07, 6.45) is 0.978. The Morgan fingerprint density at radius 2 is 1.90 bits per heavy atom. The fourth-order valence-corrected chi connectivity index (χ4v) is 3.18. The van der Waals surface area contributed by atoms with E-state index in [2.05, 4.69) is 4.72 Å². The number of rotatable bonds is 5. The van der Waals surface area contributed by atoms with E-state index >= 15 is 0 Å². The molecule has 20 heavy (non-hydrogen) atoms. The van der Waals surface area contributed by atoms with E-state index in [1.807, 2.05) is 0 Å². The van der Waals surface area contributed by atoms with Gasteiger partial charge in [-0.15, -0.1) is 0 Å². The quantitative estimate of drug-likeness (QED) is 0.894. The van der Waals surface area contributed by atoms with Crippen molar-refractivity contribution in [3.63, 3.8) is 0 Å². The predicted octanol–water partition coefficient (Wildman–Crippen LogP) is 2.42. The molecule has 5 nitrogen and oxygen atoms in total. The molecule has 0 bridgehead atoms. The maximum absolute atomic E-state index is 12.0. The molecule has 1 N–H and O–H groups in total. The van der Waals surface area contributed by atoms with E-state index in [1.165, 1.54) is 18.2 Å². The molecule has 1 heterocycles. The van der Waals surface area contributed by atoms with Crippen molar-refractivity contribution >= 4 is 33.2 Å². The molecule has 0 unspecified atom stereocenters. The van der Waals surface area contributed by atoms with Crippen LogP contribution in [0.1, 0.15) is 12.8 Å². The lowest BCUT2D eigenvalue weighted by Crippen LogP contribution is -2.31. The standard InChI is InChI=1S/C12H15Cl2NO4S/c13-10-3-2-9(8-11(10)14)20(16,17)15-5-4-12-18-6-1-7-19-12/h2-3,8,12,15H,1,4-7H2. The first-order chi connectivity index (χ1) is 9.49. The van der Waals surface area contributed by atoms with Gasteiger partial charge >= 0.3 is 0 Å². The summed E-state index contributed by atoms with van der Waals surface area (Å²) in [5, 5.41) is 0.517. The Morgan fingerprint density at radius 3 is 2.55 bits per heavy atom. The molecule has 0 aliphatic carbocycles. The van der Waals surface area contributed by atoms with Gasteiger partial charge in [0.05, 0.1) is 28.2 Å². The maximum Gasteiger partial charge on any atom is 0.240 e. The molecule has 1 aliphatic heterocycles. The Hall–Kier alpha value is -0.370. The molecule has 1 aromatic rings. The second-order valence-corrected chi connectivity index (χ2v) is 6.87. The van der Waals surface area contributed by atoms with Crippen LogP contribution in [0.3, 0.4) is 0 Å². The Balaban J connectivity index is 1.91. The number of sulfonamides is 1. The third-order valence-electron chi connectivity index (χ3n) is 2.77. The number of hydrogen-bond acceptors (Lipinski definition) is 4. The zero-order chi connectivity index (χ0) is 14.6. The minimum Gasteiger partial charge on any atom is -0.353 e. The highest BCUT2D eigenvalue weighted by molar-refractivity contribution is 7.89. The zero-order valence-electron chi connectivity index (χ0n) is 10.6. The van der Waals surface area contributed by atoms with Gasteiger partial charge in [0.2, 0.25) is 10.0 Å². The van der Waals surface area contributed by atoms with Gasteiger partial charge in [-0.2, -0.15) is 0 Å². The van der Waals surface area contributed by atoms with Crippen LogP contribution >= 0.6 is 23.2 Å². The van der Waals surface area contributed by atoms with Crippen LogP contribution in [0, 0.1) is 0 Å². The summed E-state index contributed by atoms with van der Waals surface area (Å²) >= 11 is 11.6. The average molecular weight is 340 g/mol. The van der Waals surface area contributed by atoms with Gasteiger partial charge in [-0.25, -0.2) is 13.1 Å². The summed E-state index contributed by atoms with van der Waals surface area (Å²) in [4.78, 5) is 0.0809. The van der Waals surface area contributed by atoms with E-state index in [0.717, 1.165) is 6.42 Å². The highest BCUT2D eigenvalue weighted by atomic mass is 35.5. The first-order valence-corrected chi connectivity index (χ1v) is 8.41. The first-order valence-electron chi connectivity index (χ1n) is 6.17. The molecule has 0 atom stereocenters. The van der Waals surface area contributed by atoms with Gasteiger partial charge in [-0.3, -0.25) is 0 Å². The molecule has 0 saturated carbocycles. The molecule has 1 aromatic carbocycles. The fraction of sp³-hybridized carbons (Fsp3) is 0.500. The smallest absolute Gasteiger partial charge is 0.240 e. The van der Waals surface area contributed by atoms with Crippen LogP contribution in [0.2, 0.25) is 10.0 Å². The fourth-order valence-electron chi connectivity index (χ4n) is 1.74. The number of ether oxygens (including phenoxy) is 2. The van der Waals surface area contributed by atoms with E-state index in [0.29, 0.717) is 24.7 Å². The van der Waals surface area contributed by atoms with Crippen LogP contribution in [-0.2, 0) is 19.5 Å². The van der Waals surface area contributed by atoms with Gasteiger partial charge in [0.25, 0.3) is 0 Å². The van der Waals surface area contributed by atoms with E-state index < -0.39 is 10.0 Å². The Kier molecular flexibility index (Phi) is 5.65. The number of hydrogen-bond donors (Lipinski definition) is 1. The van der Waals surface area contributed by atoms with E-state index in [1.54, 1.807) is 0 Å². The normalized spacial score (nSPS) is 17.3. The van der Waals surface area contributed by atoms with Crippen molar-refractivity contribution < 1.29 is 17.9 Å². The summed E-state index contributed by atoms with van der Waals surface area (Å²) in [6, 6.07) is 4.18. The van der Waals surface area contributed by atoms with Crippen LogP contribution in [0.4, 0.5) is 0 Å². The molecular weight excluding hydrogens is 325 g/mol. The van der Waals surface area contributed by atoms with Crippen molar-refractivity contribution in [2.24, 2.45) is 0 Å². The van der Waals surface area contributed by atoms with Crippen molar-refractivity contribution in [2.75, 3.05) is 19.8 Å². The molecule has 0 spiro atoms. The summed E-state index contributed by atoms with van der Waals surface area (Å²) in [7, 11) is -3.60. The molecule has 0 amide bonds. The van der Waals surface area contributed by atoms with Gasteiger partial charge in [-0.05, 0) is 24.6 Å². The average Bonchev–Trinajstić information content (AvgIpc) is 2.43. The maximum atomic E-state index is 12.0. The Bertz CT molecular complexity index is 559.